The Labute approximate surface area is 206 Å². The lowest BCUT2D eigenvalue weighted by molar-refractivity contribution is -0.138. The molecule has 0 radical (unpaired) electrons. The van der Waals surface area contributed by atoms with Crippen LogP contribution in [-0.4, -0.2) is 57.8 Å². The standard InChI is InChI=1S/C24H29F3N6O3/c1-16(14-36-15-18-10-19-13-31(2)8-9-32(19)30-18)29-21-11-28-33(23(34)22(21)24(25,26)27)12-17-4-6-20(35-3)7-5-17/h4-7,10-11,16,29H,8-9,12-15H2,1-3H3/t16-/m0/s1. The summed E-state index contributed by atoms with van der Waals surface area (Å²) in [6, 6.07) is 8.14. The van der Waals surface area contributed by atoms with Gasteiger partial charge in [-0.05, 0) is 37.7 Å². The van der Waals surface area contributed by atoms with Crippen molar-refractivity contribution >= 4 is 5.69 Å². The van der Waals surface area contributed by atoms with E-state index >= 15 is 0 Å². The Kier molecular flexibility index (Phi) is 7.65. The average molecular weight is 507 g/mol. The van der Waals surface area contributed by atoms with Gasteiger partial charge in [0.05, 0.1) is 56.7 Å². The zero-order valence-corrected chi connectivity index (χ0v) is 20.4. The molecule has 0 saturated heterocycles. The van der Waals surface area contributed by atoms with Crippen LogP contribution in [0, 0.1) is 0 Å². The van der Waals surface area contributed by atoms with E-state index in [9.17, 15) is 18.0 Å². The largest absolute Gasteiger partial charge is 0.497 e. The molecule has 1 aromatic carbocycles. The molecule has 0 aliphatic carbocycles. The second-order valence-corrected chi connectivity index (χ2v) is 8.89. The number of halogens is 3. The minimum absolute atomic E-state index is 0.102. The van der Waals surface area contributed by atoms with Crippen LogP contribution in [0.2, 0.25) is 0 Å². The summed E-state index contributed by atoms with van der Waals surface area (Å²) in [5.74, 6) is 0.603. The van der Waals surface area contributed by atoms with Crippen molar-refractivity contribution in [3.05, 3.63) is 69.4 Å². The van der Waals surface area contributed by atoms with Gasteiger partial charge in [-0.1, -0.05) is 12.1 Å². The summed E-state index contributed by atoms with van der Waals surface area (Å²) in [6.07, 6.45) is -3.82. The Balaban J connectivity index is 1.41. The Morgan fingerprint density at radius 3 is 2.64 bits per heavy atom. The van der Waals surface area contributed by atoms with Crippen LogP contribution >= 0.6 is 0 Å². The van der Waals surface area contributed by atoms with E-state index in [-0.39, 0.29) is 25.4 Å². The number of methoxy groups -OCH3 is 1. The van der Waals surface area contributed by atoms with Crippen LogP contribution in [0.3, 0.4) is 0 Å². The summed E-state index contributed by atoms with van der Waals surface area (Å²) < 4.78 is 55.1. The fraction of sp³-hybridized carbons (Fsp3) is 0.458. The zero-order chi connectivity index (χ0) is 25.9. The maximum Gasteiger partial charge on any atom is 0.423 e. The third-order valence-corrected chi connectivity index (χ3v) is 5.88. The summed E-state index contributed by atoms with van der Waals surface area (Å²) in [5.41, 5.74) is -0.395. The van der Waals surface area contributed by atoms with Crippen molar-refractivity contribution in [3.8, 4) is 5.75 Å². The van der Waals surface area contributed by atoms with E-state index < -0.39 is 23.3 Å². The number of benzene rings is 1. The monoisotopic (exact) mass is 506 g/mol. The van der Waals surface area contributed by atoms with Crippen LogP contribution in [0.5, 0.6) is 5.75 Å². The Morgan fingerprint density at radius 2 is 1.94 bits per heavy atom. The minimum atomic E-state index is -4.85. The molecule has 3 aromatic rings. The van der Waals surface area contributed by atoms with Crippen LogP contribution < -0.4 is 15.6 Å². The van der Waals surface area contributed by atoms with Gasteiger partial charge >= 0.3 is 6.18 Å². The van der Waals surface area contributed by atoms with Gasteiger partial charge in [0.2, 0.25) is 0 Å². The van der Waals surface area contributed by atoms with Gasteiger partial charge in [-0.3, -0.25) is 14.4 Å². The highest BCUT2D eigenvalue weighted by Crippen LogP contribution is 2.32. The maximum atomic E-state index is 13.8. The number of hydrogen-bond donors (Lipinski definition) is 1. The van der Waals surface area contributed by atoms with Gasteiger partial charge in [0.15, 0.2) is 0 Å². The van der Waals surface area contributed by atoms with Crippen LogP contribution in [-0.2, 0) is 37.2 Å². The molecular weight excluding hydrogens is 477 g/mol. The third kappa shape index (κ3) is 6.05. The lowest BCUT2D eigenvalue weighted by atomic mass is 10.2. The molecular formula is C24H29F3N6O3. The van der Waals surface area contributed by atoms with Crippen molar-refractivity contribution in [2.24, 2.45) is 0 Å². The molecule has 1 atom stereocenters. The summed E-state index contributed by atoms with van der Waals surface area (Å²) in [7, 11) is 3.55. The highest BCUT2D eigenvalue weighted by Gasteiger charge is 2.38. The fourth-order valence-electron chi connectivity index (χ4n) is 4.06. The molecule has 194 valence electrons. The number of hydrogen-bond acceptors (Lipinski definition) is 7. The van der Waals surface area contributed by atoms with Crippen molar-refractivity contribution in [2.75, 3.05) is 32.6 Å². The van der Waals surface area contributed by atoms with E-state index in [4.69, 9.17) is 9.47 Å². The summed E-state index contributed by atoms with van der Waals surface area (Å²) >= 11 is 0. The molecule has 1 N–H and O–H groups in total. The number of nitrogens with zero attached hydrogens (tertiary/aromatic N) is 5. The van der Waals surface area contributed by atoms with Gasteiger partial charge < -0.3 is 14.8 Å². The lowest BCUT2D eigenvalue weighted by Gasteiger charge is -2.22. The van der Waals surface area contributed by atoms with Gasteiger partial charge in [0.25, 0.3) is 5.56 Å². The molecule has 12 heteroatoms. The maximum absolute atomic E-state index is 13.8. The van der Waals surface area contributed by atoms with Gasteiger partial charge in [-0.25, -0.2) is 4.68 Å². The molecule has 0 fully saturated rings. The molecule has 3 heterocycles. The molecule has 2 aromatic heterocycles. The predicted octanol–water partition coefficient (Wildman–Crippen LogP) is 2.98. The number of aromatic nitrogens is 4. The van der Waals surface area contributed by atoms with Crippen LogP contribution in [0.4, 0.5) is 18.9 Å². The Bertz CT molecular complexity index is 1240. The third-order valence-electron chi connectivity index (χ3n) is 5.88. The molecule has 1 aliphatic heterocycles. The summed E-state index contributed by atoms with van der Waals surface area (Å²) in [6.45, 7) is 4.47. The molecule has 1 aliphatic rings. The topological polar surface area (TPSA) is 86.4 Å². The van der Waals surface area contributed by atoms with E-state index in [1.165, 1.54) is 7.11 Å². The number of nitrogens with one attached hydrogen (secondary N) is 1. The Hall–Kier alpha value is -3.38. The molecule has 0 amide bonds. The van der Waals surface area contributed by atoms with E-state index in [1.807, 2.05) is 17.8 Å². The van der Waals surface area contributed by atoms with Crippen LogP contribution in [0.15, 0.2) is 41.3 Å². The second kappa shape index (κ2) is 10.7. The first kappa shape index (κ1) is 25.7. The van der Waals surface area contributed by atoms with Gasteiger partial charge in [-0.2, -0.15) is 23.4 Å². The number of ether oxygens (including phenoxy) is 2. The predicted molar refractivity (Wildman–Crippen MR) is 127 cm³/mol. The van der Waals surface area contributed by atoms with Gasteiger partial charge in [-0.15, -0.1) is 0 Å². The molecule has 0 saturated carbocycles. The van der Waals surface area contributed by atoms with Crippen molar-refractivity contribution in [3.63, 3.8) is 0 Å². The van der Waals surface area contributed by atoms with Crippen LogP contribution in [0.25, 0.3) is 0 Å². The quantitative estimate of drug-likeness (QED) is 0.478. The highest BCUT2D eigenvalue weighted by molar-refractivity contribution is 5.50. The van der Waals surface area contributed by atoms with E-state index in [0.717, 1.165) is 41.9 Å². The number of anilines is 1. The van der Waals surface area contributed by atoms with Crippen molar-refractivity contribution < 1.29 is 22.6 Å². The van der Waals surface area contributed by atoms with Crippen LogP contribution in [0.1, 0.15) is 29.4 Å². The zero-order valence-electron chi connectivity index (χ0n) is 20.4. The first-order valence-electron chi connectivity index (χ1n) is 11.5. The minimum Gasteiger partial charge on any atom is -0.497 e. The SMILES string of the molecule is COc1ccc(Cn2ncc(N[C@@H](C)COCc3cc4n(n3)CCN(C)C4)c(C(F)(F)F)c2=O)cc1. The van der Waals surface area contributed by atoms with Crippen molar-refractivity contribution in [1.82, 2.24) is 24.5 Å². The number of fused-ring (bicyclic) bond motifs is 1. The molecule has 0 spiro atoms. The second-order valence-electron chi connectivity index (χ2n) is 8.89. The Morgan fingerprint density at radius 1 is 1.19 bits per heavy atom. The molecule has 0 bridgehead atoms. The summed E-state index contributed by atoms with van der Waals surface area (Å²) in [5, 5.41) is 11.2. The number of likely N-dealkylation sites (N-methyl/N-ethyl adjacent to an activating group) is 1. The summed E-state index contributed by atoms with van der Waals surface area (Å²) in [4.78, 5) is 14.9. The molecule has 36 heavy (non-hydrogen) atoms. The van der Waals surface area contributed by atoms with E-state index in [1.54, 1.807) is 31.2 Å². The first-order valence-corrected chi connectivity index (χ1v) is 11.5. The molecule has 9 nitrogen and oxygen atoms in total. The first-order chi connectivity index (χ1) is 17.1. The number of rotatable bonds is 9. The van der Waals surface area contributed by atoms with Gasteiger partial charge in [0, 0.05) is 19.1 Å². The fourth-order valence-corrected chi connectivity index (χ4v) is 4.06. The van der Waals surface area contributed by atoms with E-state index in [2.05, 4.69) is 20.4 Å². The number of alkyl halides is 3. The van der Waals surface area contributed by atoms with Gasteiger partial charge in [0.1, 0.15) is 11.3 Å². The normalized spacial score (nSPS) is 14.9. The molecule has 4 rings (SSSR count). The molecule has 0 unspecified atom stereocenters. The lowest BCUT2D eigenvalue weighted by Crippen LogP contribution is -2.34. The average Bonchev–Trinajstić information content (AvgIpc) is 3.22. The van der Waals surface area contributed by atoms with E-state index in [0.29, 0.717) is 11.3 Å². The highest BCUT2D eigenvalue weighted by atomic mass is 19.4. The van der Waals surface area contributed by atoms with Crippen molar-refractivity contribution in [1.29, 1.82) is 0 Å². The smallest absolute Gasteiger partial charge is 0.423 e. The van der Waals surface area contributed by atoms with Crippen molar-refractivity contribution in [2.45, 2.75) is 45.4 Å².